The Kier molecular flexibility index (Phi) is 5.81. The van der Waals surface area contributed by atoms with Crippen LogP contribution in [-0.4, -0.2) is 24.5 Å². The first kappa shape index (κ1) is 20.6. The number of thiophene rings is 1. The summed E-state index contributed by atoms with van der Waals surface area (Å²) < 4.78 is 11.5. The number of para-hydroxylation sites is 2. The molecule has 32 heavy (non-hydrogen) atoms. The van der Waals surface area contributed by atoms with Gasteiger partial charge in [0.25, 0.3) is 11.8 Å². The maximum Gasteiger partial charge on any atom is 0.269 e. The molecule has 1 aromatic heterocycles. The van der Waals surface area contributed by atoms with Crippen LogP contribution in [0.25, 0.3) is 0 Å². The van der Waals surface area contributed by atoms with E-state index in [9.17, 15) is 9.59 Å². The van der Waals surface area contributed by atoms with Crippen molar-refractivity contribution in [1.82, 2.24) is 5.32 Å². The maximum absolute atomic E-state index is 13.2. The minimum absolute atomic E-state index is 0.128. The fourth-order valence-electron chi connectivity index (χ4n) is 4.10. The second-order valence-electron chi connectivity index (χ2n) is 7.94. The summed E-state index contributed by atoms with van der Waals surface area (Å²) in [6, 6.07) is 17.1. The highest BCUT2D eigenvalue weighted by molar-refractivity contribution is 7.17. The number of rotatable bonds is 5. The van der Waals surface area contributed by atoms with Crippen LogP contribution in [0.2, 0.25) is 0 Å². The van der Waals surface area contributed by atoms with Gasteiger partial charge in [0.05, 0.1) is 5.56 Å². The minimum Gasteiger partial charge on any atom is -0.485 e. The fraction of sp³-hybridized carbons (Fsp3) is 0.280. The molecule has 2 amide bonds. The summed E-state index contributed by atoms with van der Waals surface area (Å²) in [7, 11) is 0. The smallest absolute Gasteiger partial charge is 0.269 e. The Morgan fingerprint density at radius 2 is 1.72 bits per heavy atom. The number of anilines is 1. The van der Waals surface area contributed by atoms with Gasteiger partial charge < -0.3 is 20.1 Å². The molecule has 3 aromatic rings. The van der Waals surface area contributed by atoms with E-state index in [1.165, 1.54) is 16.2 Å². The van der Waals surface area contributed by atoms with Crippen LogP contribution < -0.4 is 20.1 Å². The van der Waals surface area contributed by atoms with Crippen LogP contribution in [0.1, 0.15) is 39.2 Å². The first-order chi connectivity index (χ1) is 15.7. The molecule has 2 heterocycles. The van der Waals surface area contributed by atoms with E-state index >= 15 is 0 Å². The maximum atomic E-state index is 13.2. The van der Waals surface area contributed by atoms with E-state index in [2.05, 4.69) is 10.6 Å². The van der Waals surface area contributed by atoms with Crippen molar-refractivity contribution in [2.45, 2.75) is 38.3 Å². The lowest BCUT2D eigenvalue weighted by atomic mass is 9.95. The van der Waals surface area contributed by atoms with E-state index in [4.69, 9.17) is 9.47 Å². The summed E-state index contributed by atoms with van der Waals surface area (Å²) in [5.74, 6) is 0.708. The summed E-state index contributed by atoms with van der Waals surface area (Å²) in [6.07, 6.45) is 3.16. The van der Waals surface area contributed by atoms with Gasteiger partial charge in [-0.05, 0) is 48.9 Å². The van der Waals surface area contributed by atoms with E-state index in [1.54, 1.807) is 6.07 Å². The molecule has 0 saturated heterocycles. The largest absolute Gasteiger partial charge is 0.485 e. The Balaban J connectivity index is 1.35. The van der Waals surface area contributed by atoms with Gasteiger partial charge >= 0.3 is 0 Å². The van der Waals surface area contributed by atoms with Gasteiger partial charge in [0.2, 0.25) is 6.10 Å². The zero-order chi connectivity index (χ0) is 21.9. The van der Waals surface area contributed by atoms with Crippen molar-refractivity contribution >= 4 is 28.2 Å². The molecule has 1 atom stereocenters. The molecule has 1 aliphatic heterocycles. The van der Waals surface area contributed by atoms with E-state index in [1.807, 2.05) is 48.5 Å². The van der Waals surface area contributed by atoms with Gasteiger partial charge in [-0.3, -0.25) is 9.59 Å². The van der Waals surface area contributed by atoms with Crippen molar-refractivity contribution in [3.8, 4) is 11.5 Å². The van der Waals surface area contributed by atoms with Crippen LogP contribution in [0.5, 0.6) is 11.5 Å². The van der Waals surface area contributed by atoms with Crippen molar-refractivity contribution in [2.24, 2.45) is 0 Å². The zero-order valence-corrected chi connectivity index (χ0v) is 18.4. The van der Waals surface area contributed by atoms with Crippen molar-refractivity contribution in [2.75, 3.05) is 11.9 Å². The molecule has 1 unspecified atom stereocenters. The van der Waals surface area contributed by atoms with Crippen LogP contribution in [0.15, 0.2) is 54.6 Å². The first-order valence-electron chi connectivity index (χ1n) is 10.8. The molecular formula is C25H24N2O4S. The topological polar surface area (TPSA) is 76.7 Å². The lowest BCUT2D eigenvalue weighted by Crippen LogP contribution is -2.40. The van der Waals surface area contributed by atoms with Crippen LogP contribution in [-0.2, 0) is 24.2 Å². The quantitative estimate of drug-likeness (QED) is 0.609. The summed E-state index contributed by atoms with van der Waals surface area (Å²) in [5, 5.41) is 6.57. The third-order valence-corrected chi connectivity index (χ3v) is 6.94. The molecular weight excluding hydrogens is 424 g/mol. The summed E-state index contributed by atoms with van der Waals surface area (Å²) in [4.78, 5) is 27.4. The van der Waals surface area contributed by atoms with Gasteiger partial charge in [0.1, 0.15) is 11.6 Å². The Morgan fingerprint density at radius 1 is 0.969 bits per heavy atom. The van der Waals surface area contributed by atoms with Crippen molar-refractivity contribution in [3.63, 3.8) is 0 Å². The number of hydrogen-bond acceptors (Lipinski definition) is 5. The lowest BCUT2D eigenvalue weighted by molar-refractivity contribution is -0.125. The fourth-order valence-corrected chi connectivity index (χ4v) is 5.39. The molecule has 7 heteroatoms. The molecule has 0 radical (unpaired) electrons. The average Bonchev–Trinajstić information content (AvgIpc) is 3.20. The van der Waals surface area contributed by atoms with Crippen molar-refractivity contribution in [3.05, 3.63) is 76.2 Å². The highest BCUT2D eigenvalue weighted by atomic mass is 32.1. The van der Waals surface area contributed by atoms with Crippen molar-refractivity contribution < 1.29 is 19.1 Å². The molecule has 0 bridgehead atoms. The zero-order valence-electron chi connectivity index (χ0n) is 17.6. The molecule has 0 spiro atoms. The second-order valence-corrected chi connectivity index (χ2v) is 9.04. The minimum atomic E-state index is -0.774. The molecule has 1 aliphatic carbocycles. The van der Waals surface area contributed by atoms with Gasteiger partial charge in [-0.25, -0.2) is 0 Å². The average molecular weight is 449 g/mol. The van der Waals surface area contributed by atoms with E-state index < -0.39 is 6.10 Å². The number of carbonyl (C=O) groups is 2. The SMILES string of the molecule is O=C(NCc1ccccc1)c1c(NC(=O)C2COc3ccccc3O2)sc2c1CCCC2. The van der Waals surface area contributed by atoms with Crippen LogP contribution in [0, 0.1) is 0 Å². The number of aryl methyl sites for hydroxylation is 1. The predicted molar refractivity (Wildman–Crippen MR) is 124 cm³/mol. The summed E-state index contributed by atoms with van der Waals surface area (Å²) in [5.41, 5.74) is 2.68. The number of hydrogen-bond donors (Lipinski definition) is 2. The number of ether oxygens (including phenoxy) is 2. The Labute approximate surface area is 190 Å². The van der Waals surface area contributed by atoms with Crippen LogP contribution in [0.4, 0.5) is 5.00 Å². The van der Waals surface area contributed by atoms with Gasteiger partial charge in [-0.2, -0.15) is 0 Å². The van der Waals surface area contributed by atoms with Crippen LogP contribution in [0.3, 0.4) is 0 Å². The normalized spacial score (nSPS) is 16.7. The number of nitrogens with one attached hydrogen (secondary N) is 2. The molecule has 2 aliphatic rings. The molecule has 2 aromatic carbocycles. The Hall–Kier alpha value is -3.32. The standard InChI is InChI=1S/C25H24N2O4S/c28-23(20-15-30-18-11-5-6-12-19(18)31-20)27-25-22(17-10-4-7-13-21(17)32-25)24(29)26-14-16-8-2-1-3-9-16/h1-3,5-6,8-9,11-12,20H,4,7,10,13-15H2,(H,26,29)(H,27,28). The number of benzene rings is 2. The lowest BCUT2D eigenvalue weighted by Gasteiger charge is -2.25. The Morgan fingerprint density at radius 3 is 2.56 bits per heavy atom. The number of amides is 2. The highest BCUT2D eigenvalue weighted by Gasteiger charge is 2.31. The molecule has 0 saturated carbocycles. The summed E-state index contributed by atoms with van der Waals surface area (Å²) >= 11 is 1.50. The van der Waals surface area contributed by atoms with Gasteiger partial charge in [-0.15, -0.1) is 11.3 Å². The molecule has 6 nitrogen and oxygen atoms in total. The monoisotopic (exact) mass is 448 g/mol. The third kappa shape index (κ3) is 4.21. The number of fused-ring (bicyclic) bond motifs is 2. The molecule has 164 valence electrons. The van der Waals surface area contributed by atoms with Crippen molar-refractivity contribution in [1.29, 1.82) is 0 Å². The number of carbonyl (C=O) groups excluding carboxylic acids is 2. The van der Waals surface area contributed by atoms with E-state index in [-0.39, 0.29) is 18.4 Å². The van der Waals surface area contributed by atoms with Gasteiger partial charge in [-0.1, -0.05) is 42.5 Å². The van der Waals surface area contributed by atoms with Crippen LogP contribution >= 0.6 is 11.3 Å². The Bertz CT molecular complexity index is 1140. The predicted octanol–water partition coefficient (Wildman–Crippen LogP) is 4.34. The highest BCUT2D eigenvalue weighted by Crippen LogP contribution is 2.39. The van der Waals surface area contributed by atoms with E-state index in [0.717, 1.165) is 36.8 Å². The molecule has 5 rings (SSSR count). The van der Waals surface area contributed by atoms with Gasteiger partial charge in [0, 0.05) is 11.4 Å². The van der Waals surface area contributed by atoms with Gasteiger partial charge in [0.15, 0.2) is 11.5 Å². The molecule has 2 N–H and O–H groups in total. The molecule has 0 fully saturated rings. The third-order valence-electron chi connectivity index (χ3n) is 5.73. The first-order valence-corrected chi connectivity index (χ1v) is 11.7. The van der Waals surface area contributed by atoms with E-state index in [0.29, 0.717) is 28.6 Å². The second kappa shape index (κ2) is 9.04. The summed E-state index contributed by atoms with van der Waals surface area (Å²) in [6.45, 7) is 0.567.